The normalized spacial score (nSPS) is 14.4. The van der Waals surface area contributed by atoms with Crippen molar-refractivity contribution in [2.45, 2.75) is 26.0 Å². The minimum absolute atomic E-state index is 0.415. The molecule has 0 spiro atoms. The van der Waals surface area contributed by atoms with Crippen molar-refractivity contribution in [3.8, 4) is 0 Å². The lowest BCUT2D eigenvalue weighted by molar-refractivity contribution is 0.0559. The first-order valence-corrected chi connectivity index (χ1v) is 5.86. The fraction of sp³-hybridized carbons (Fsp3) is 0.385. The minimum Gasteiger partial charge on any atom is -0.384 e. The maximum atomic E-state index is 10.3. The average Bonchev–Trinajstić information content (AvgIpc) is 2.76. The standard InChI is InChI=1S/C13H17N3O2/c1-10-15-12(18-16-10)8-14-9-13(2,17)11-6-4-3-5-7-11/h3-7,14,17H,8-9H2,1-2H3. The van der Waals surface area contributed by atoms with E-state index in [9.17, 15) is 5.11 Å². The third-order valence-electron chi connectivity index (χ3n) is 2.71. The number of benzene rings is 1. The molecule has 2 N–H and O–H groups in total. The fourth-order valence-electron chi connectivity index (χ4n) is 1.72. The van der Waals surface area contributed by atoms with Gasteiger partial charge in [0.05, 0.1) is 12.1 Å². The molecule has 1 unspecified atom stereocenters. The van der Waals surface area contributed by atoms with Gasteiger partial charge in [-0.25, -0.2) is 0 Å². The molecule has 5 heteroatoms. The predicted octanol–water partition coefficient (Wildman–Crippen LogP) is 1.38. The molecule has 2 aromatic rings. The summed E-state index contributed by atoms with van der Waals surface area (Å²) in [5, 5.41) is 17.1. The number of nitrogens with zero attached hydrogens (tertiary/aromatic N) is 2. The Bertz CT molecular complexity index is 494. The van der Waals surface area contributed by atoms with E-state index in [0.29, 0.717) is 24.8 Å². The molecule has 0 aliphatic rings. The highest BCUT2D eigenvalue weighted by Crippen LogP contribution is 2.18. The van der Waals surface area contributed by atoms with E-state index in [-0.39, 0.29) is 0 Å². The number of nitrogens with one attached hydrogen (secondary N) is 1. The van der Waals surface area contributed by atoms with Gasteiger partial charge in [-0.3, -0.25) is 0 Å². The Morgan fingerprint density at radius 1 is 1.33 bits per heavy atom. The second kappa shape index (κ2) is 5.29. The summed E-state index contributed by atoms with van der Waals surface area (Å²) < 4.78 is 4.98. The molecule has 1 aromatic heterocycles. The van der Waals surface area contributed by atoms with Gasteiger partial charge >= 0.3 is 0 Å². The molecule has 0 bridgehead atoms. The van der Waals surface area contributed by atoms with Crippen LogP contribution < -0.4 is 5.32 Å². The van der Waals surface area contributed by atoms with E-state index < -0.39 is 5.60 Å². The molecule has 18 heavy (non-hydrogen) atoms. The number of aliphatic hydroxyl groups is 1. The van der Waals surface area contributed by atoms with Crippen molar-refractivity contribution >= 4 is 0 Å². The van der Waals surface area contributed by atoms with Gasteiger partial charge in [0.2, 0.25) is 5.89 Å². The van der Waals surface area contributed by atoms with Crippen LogP contribution in [-0.2, 0) is 12.1 Å². The minimum atomic E-state index is -0.920. The maximum absolute atomic E-state index is 10.3. The molecule has 0 aliphatic heterocycles. The highest BCUT2D eigenvalue weighted by Gasteiger charge is 2.22. The average molecular weight is 247 g/mol. The second-order valence-electron chi connectivity index (χ2n) is 4.48. The topological polar surface area (TPSA) is 71.2 Å². The van der Waals surface area contributed by atoms with Crippen LogP contribution in [-0.4, -0.2) is 21.8 Å². The largest absolute Gasteiger partial charge is 0.384 e. The molecule has 0 fully saturated rings. The quantitative estimate of drug-likeness (QED) is 0.835. The molecule has 0 saturated carbocycles. The van der Waals surface area contributed by atoms with E-state index in [1.165, 1.54) is 0 Å². The second-order valence-corrected chi connectivity index (χ2v) is 4.48. The van der Waals surface area contributed by atoms with Crippen LogP contribution in [0.4, 0.5) is 0 Å². The molecule has 5 nitrogen and oxygen atoms in total. The number of rotatable bonds is 5. The summed E-state index contributed by atoms with van der Waals surface area (Å²) in [6, 6.07) is 9.54. The summed E-state index contributed by atoms with van der Waals surface area (Å²) in [5.74, 6) is 1.14. The first-order valence-electron chi connectivity index (χ1n) is 5.86. The summed E-state index contributed by atoms with van der Waals surface area (Å²) in [6.07, 6.45) is 0. The lowest BCUT2D eigenvalue weighted by atomic mass is 9.96. The molecule has 2 rings (SSSR count). The molecule has 1 heterocycles. The van der Waals surface area contributed by atoms with Crippen LogP contribution in [0.15, 0.2) is 34.9 Å². The van der Waals surface area contributed by atoms with Crippen molar-refractivity contribution in [3.63, 3.8) is 0 Å². The smallest absolute Gasteiger partial charge is 0.240 e. The van der Waals surface area contributed by atoms with Gasteiger partial charge in [-0.2, -0.15) is 4.98 Å². The maximum Gasteiger partial charge on any atom is 0.240 e. The van der Waals surface area contributed by atoms with Crippen molar-refractivity contribution in [3.05, 3.63) is 47.6 Å². The van der Waals surface area contributed by atoms with E-state index in [1.54, 1.807) is 13.8 Å². The third-order valence-corrected chi connectivity index (χ3v) is 2.71. The highest BCUT2D eigenvalue weighted by atomic mass is 16.5. The fourth-order valence-corrected chi connectivity index (χ4v) is 1.72. The molecular formula is C13H17N3O2. The van der Waals surface area contributed by atoms with Crippen LogP contribution in [0.1, 0.15) is 24.2 Å². The van der Waals surface area contributed by atoms with Crippen LogP contribution in [0, 0.1) is 6.92 Å². The zero-order valence-corrected chi connectivity index (χ0v) is 10.6. The van der Waals surface area contributed by atoms with Crippen LogP contribution in [0.2, 0.25) is 0 Å². The van der Waals surface area contributed by atoms with Gasteiger partial charge in [-0.05, 0) is 19.4 Å². The molecule has 0 amide bonds. The van der Waals surface area contributed by atoms with Crippen molar-refractivity contribution in [2.24, 2.45) is 0 Å². The lowest BCUT2D eigenvalue weighted by Crippen LogP contribution is -2.35. The monoisotopic (exact) mass is 247 g/mol. The van der Waals surface area contributed by atoms with Crippen molar-refractivity contribution < 1.29 is 9.63 Å². The molecule has 0 radical (unpaired) electrons. The van der Waals surface area contributed by atoms with Crippen LogP contribution >= 0.6 is 0 Å². The van der Waals surface area contributed by atoms with Gasteiger partial charge in [-0.15, -0.1) is 0 Å². The Morgan fingerprint density at radius 3 is 2.67 bits per heavy atom. The third kappa shape index (κ3) is 3.15. The van der Waals surface area contributed by atoms with E-state index in [1.807, 2.05) is 30.3 Å². The number of hydrogen-bond acceptors (Lipinski definition) is 5. The summed E-state index contributed by atoms with van der Waals surface area (Å²) in [4.78, 5) is 4.08. The van der Waals surface area contributed by atoms with Crippen molar-refractivity contribution in [1.82, 2.24) is 15.5 Å². The van der Waals surface area contributed by atoms with E-state index in [2.05, 4.69) is 15.5 Å². The summed E-state index contributed by atoms with van der Waals surface area (Å²) in [5.41, 5.74) is -0.0460. The molecule has 1 atom stereocenters. The van der Waals surface area contributed by atoms with Crippen molar-refractivity contribution in [1.29, 1.82) is 0 Å². The molecule has 1 aromatic carbocycles. The first kappa shape index (κ1) is 12.7. The Balaban J connectivity index is 1.89. The number of aromatic nitrogens is 2. The highest BCUT2D eigenvalue weighted by molar-refractivity contribution is 5.21. The van der Waals surface area contributed by atoms with E-state index in [4.69, 9.17) is 4.52 Å². The van der Waals surface area contributed by atoms with Gasteiger partial charge in [0.1, 0.15) is 0 Å². The number of aryl methyl sites for hydroxylation is 1. The van der Waals surface area contributed by atoms with Crippen LogP contribution in [0.3, 0.4) is 0 Å². The number of hydrogen-bond donors (Lipinski definition) is 2. The lowest BCUT2D eigenvalue weighted by Gasteiger charge is -2.23. The molecular weight excluding hydrogens is 230 g/mol. The Labute approximate surface area is 106 Å². The van der Waals surface area contributed by atoms with Gasteiger partial charge in [-0.1, -0.05) is 35.5 Å². The Morgan fingerprint density at radius 2 is 2.06 bits per heavy atom. The van der Waals surface area contributed by atoms with E-state index >= 15 is 0 Å². The van der Waals surface area contributed by atoms with Crippen molar-refractivity contribution in [2.75, 3.05) is 6.54 Å². The first-order chi connectivity index (χ1) is 8.58. The predicted molar refractivity (Wildman–Crippen MR) is 66.8 cm³/mol. The zero-order chi connectivity index (χ0) is 13.0. The SMILES string of the molecule is Cc1noc(CNCC(C)(O)c2ccccc2)n1. The summed E-state index contributed by atoms with van der Waals surface area (Å²) in [7, 11) is 0. The van der Waals surface area contributed by atoms with Gasteiger partial charge in [0.15, 0.2) is 5.82 Å². The van der Waals surface area contributed by atoms with Crippen LogP contribution in [0.5, 0.6) is 0 Å². The Kier molecular flexibility index (Phi) is 3.74. The van der Waals surface area contributed by atoms with Gasteiger partial charge in [0.25, 0.3) is 0 Å². The molecule has 0 aliphatic carbocycles. The molecule has 0 saturated heterocycles. The van der Waals surface area contributed by atoms with Gasteiger partial charge in [0, 0.05) is 6.54 Å². The molecule has 96 valence electrons. The zero-order valence-electron chi connectivity index (χ0n) is 10.6. The van der Waals surface area contributed by atoms with Gasteiger partial charge < -0.3 is 14.9 Å². The summed E-state index contributed by atoms with van der Waals surface area (Å²) >= 11 is 0. The van der Waals surface area contributed by atoms with E-state index in [0.717, 1.165) is 5.56 Å². The Hall–Kier alpha value is -1.72. The summed E-state index contributed by atoms with van der Waals surface area (Å²) in [6.45, 7) is 4.41. The van der Waals surface area contributed by atoms with Crippen LogP contribution in [0.25, 0.3) is 0 Å².